The first-order valence-electron chi connectivity index (χ1n) is 9.65. The van der Waals surface area contributed by atoms with Gasteiger partial charge in [-0.3, -0.25) is 0 Å². The summed E-state index contributed by atoms with van der Waals surface area (Å²) >= 11 is 0. The summed E-state index contributed by atoms with van der Waals surface area (Å²) in [6.45, 7) is 6.71. The van der Waals surface area contributed by atoms with Crippen LogP contribution in [0.4, 0.5) is 13.2 Å². The van der Waals surface area contributed by atoms with Gasteiger partial charge in [0.15, 0.2) is 0 Å². The van der Waals surface area contributed by atoms with Crippen LogP contribution in [0.3, 0.4) is 0 Å². The van der Waals surface area contributed by atoms with Gasteiger partial charge in [-0.1, -0.05) is 17.7 Å². The van der Waals surface area contributed by atoms with Crippen LogP contribution in [0.1, 0.15) is 27.8 Å². The molecular weight excluding hydrogens is 429 g/mol. The van der Waals surface area contributed by atoms with E-state index in [2.05, 4.69) is 4.98 Å². The van der Waals surface area contributed by atoms with E-state index in [1.807, 2.05) is 4.72 Å². The zero-order valence-corrected chi connectivity index (χ0v) is 18.8. The number of methoxy groups -OCH3 is 1. The molecule has 31 heavy (non-hydrogen) atoms. The fourth-order valence-corrected chi connectivity index (χ4v) is 5.80. The van der Waals surface area contributed by atoms with E-state index in [4.69, 9.17) is 4.74 Å². The van der Waals surface area contributed by atoms with Gasteiger partial charge in [-0.05, 0) is 62.9 Å². The van der Waals surface area contributed by atoms with Crippen molar-refractivity contribution in [3.8, 4) is 5.75 Å². The Balaban J connectivity index is 2.03. The molecule has 0 saturated heterocycles. The molecule has 3 aromatic rings. The number of aromatic amines is 1. The first-order valence-corrected chi connectivity index (χ1v) is 11.1. The number of H-pyrrole nitrogens is 1. The molecule has 0 bridgehead atoms. The van der Waals surface area contributed by atoms with Gasteiger partial charge in [-0.2, -0.15) is 17.9 Å². The van der Waals surface area contributed by atoms with Crippen molar-refractivity contribution in [2.45, 2.75) is 51.2 Å². The molecule has 3 rings (SSSR count). The van der Waals surface area contributed by atoms with Crippen molar-refractivity contribution >= 4 is 20.9 Å². The molecule has 1 heterocycles. The number of ether oxygens (including phenoxy) is 1. The number of fused-ring (bicyclic) bond motifs is 1. The normalized spacial score (nSPS) is 13.5. The SMILES string of the molecule is COc1ccc2[nH]cc(CC(NS(=O)(=O)c3c(C)cc(C)cc3C)C(F)(F)F)c2c1C. The molecule has 0 amide bonds. The molecule has 5 nitrogen and oxygen atoms in total. The number of hydrogen-bond acceptors (Lipinski definition) is 3. The molecule has 0 radical (unpaired) electrons. The second-order valence-corrected chi connectivity index (χ2v) is 9.43. The maximum absolute atomic E-state index is 13.9. The Labute approximate surface area is 179 Å². The van der Waals surface area contributed by atoms with Crippen molar-refractivity contribution < 1.29 is 26.3 Å². The molecule has 0 spiro atoms. The molecule has 0 aliphatic rings. The van der Waals surface area contributed by atoms with Gasteiger partial charge < -0.3 is 9.72 Å². The molecule has 9 heteroatoms. The molecule has 0 saturated carbocycles. The van der Waals surface area contributed by atoms with Crippen LogP contribution in [0.5, 0.6) is 5.75 Å². The molecule has 0 aliphatic heterocycles. The largest absolute Gasteiger partial charge is 0.496 e. The van der Waals surface area contributed by atoms with Crippen LogP contribution in [0.2, 0.25) is 0 Å². The lowest BCUT2D eigenvalue weighted by Crippen LogP contribution is -2.47. The standard InChI is InChI=1S/C22H25F3N2O3S/c1-12-8-13(2)21(14(3)9-12)31(28,29)27-19(22(23,24)25)10-16-11-26-17-6-7-18(30-5)15(4)20(16)17/h6-9,11,19,26-27H,10H2,1-5H3. The van der Waals surface area contributed by atoms with E-state index in [-0.39, 0.29) is 4.90 Å². The Morgan fingerprint density at radius 2 is 1.71 bits per heavy atom. The third kappa shape index (κ3) is 4.57. The number of rotatable bonds is 6. The van der Waals surface area contributed by atoms with Gasteiger partial charge in [0.25, 0.3) is 0 Å². The molecule has 0 aliphatic carbocycles. The molecule has 2 aromatic carbocycles. The minimum Gasteiger partial charge on any atom is -0.496 e. The summed E-state index contributed by atoms with van der Waals surface area (Å²) in [5.74, 6) is 0.545. The zero-order chi connectivity index (χ0) is 23.1. The van der Waals surface area contributed by atoms with E-state index in [1.54, 1.807) is 52.0 Å². The van der Waals surface area contributed by atoms with Crippen LogP contribution < -0.4 is 9.46 Å². The highest BCUT2D eigenvalue weighted by molar-refractivity contribution is 7.89. The lowest BCUT2D eigenvalue weighted by molar-refractivity contribution is -0.150. The smallest absolute Gasteiger partial charge is 0.405 e. The summed E-state index contributed by atoms with van der Waals surface area (Å²) in [6.07, 6.45) is -3.86. The molecule has 1 unspecified atom stereocenters. The second-order valence-electron chi connectivity index (χ2n) is 7.78. The van der Waals surface area contributed by atoms with Crippen LogP contribution in [0, 0.1) is 27.7 Å². The highest BCUT2D eigenvalue weighted by Crippen LogP contribution is 2.33. The van der Waals surface area contributed by atoms with Crippen LogP contribution >= 0.6 is 0 Å². The molecule has 1 aromatic heterocycles. The molecule has 1 atom stereocenters. The fourth-order valence-electron chi connectivity index (χ4n) is 4.13. The van der Waals surface area contributed by atoms with E-state index < -0.39 is 28.7 Å². The van der Waals surface area contributed by atoms with Crippen molar-refractivity contribution in [3.05, 3.63) is 58.3 Å². The van der Waals surface area contributed by atoms with Gasteiger partial charge >= 0.3 is 6.18 Å². The number of alkyl halides is 3. The monoisotopic (exact) mass is 454 g/mol. The number of benzene rings is 2. The third-order valence-corrected chi connectivity index (χ3v) is 7.12. The first-order chi connectivity index (χ1) is 14.3. The Morgan fingerprint density at radius 1 is 1.10 bits per heavy atom. The van der Waals surface area contributed by atoms with Crippen molar-refractivity contribution in [3.63, 3.8) is 0 Å². The first kappa shape index (κ1) is 23.1. The van der Waals surface area contributed by atoms with Crippen LogP contribution in [-0.4, -0.2) is 32.7 Å². The topological polar surface area (TPSA) is 71.2 Å². The van der Waals surface area contributed by atoms with Crippen LogP contribution in [0.25, 0.3) is 10.9 Å². The summed E-state index contributed by atoms with van der Waals surface area (Å²) in [5, 5.41) is 0.593. The van der Waals surface area contributed by atoms with Gasteiger partial charge in [-0.15, -0.1) is 0 Å². The predicted molar refractivity (Wildman–Crippen MR) is 114 cm³/mol. The van der Waals surface area contributed by atoms with Gasteiger partial charge in [0, 0.05) is 22.7 Å². The van der Waals surface area contributed by atoms with Gasteiger partial charge in [0.1, 0.15) is 11.8 Å². The lowest BCUT2D eigenvalue weighted by Gasteiger charge is -2.23. The van der Waals surface area contributed by atoms with Crippen molar-refractivity contribution in [1.29, 1.82) is 0 Å². The average molecular weight is 455 g/mol. The summed E-state index contributed by atoms with van der Waals surface area (Å²) in [7, 11) is -2.92. The maximum atomic E-state index is 13.9. The van der Waals surface area contributed by atoms with Gasteiger partial charge in [0.05, 0.1) is 12.0 Å². The Hall–Kier alpha value is -2.52. The third-order valence-electron chi connectivity index (χ3n) is 5.35. The van der Waals surface area contributed by atoms with E-state index in [0.717, 1.165) is 5.56 Å². The quantitative estimate of drug-likeness (QED) is 0.559. The van der Waals surface area contributed by atoms with E-state index >= 15 is 0 Å². The van der Waals surface area contributed by atoms with Gasteiger partial charge in [-0.25, -0.2) is 8.42 Å². The summed E-state index contributed by atoms with van der Waals surface area (Å²) in [6, 6.07) is 4.43. The summed E-state index contributed by atoms with van der Waals surface area (Å²) < 4.78 is 74.8. The summed E-state index contributed by atoms with van der Waals surface area (Å²) in [5.41, 5.74) is 3.34. The minimum atomic E-state index is -4.78. The highest BCUT2D eigenvalue weighted by atomic mass is 32.2. The molecular formula is C22H25F3N2O3S. The van der Waals surface area contributed by atoms with E-state index in [0.29, 0.717) is 38.9 Å². The van der Waals surface area contributed by atoms with Crippen molar-refractivity contribution in [1.82, 2.24) is 9.71 Å². The predicted octanol–water partition coefficient (Wildman–Crippen LogP) is 4.86. The lowest BCUT2D eigenvalue weighted by atomic mass is 10.0. The molecule has 2 N–H and O–H groups in total. The molecule has 0 fully saturated rings. The van der Waals surface area contributed by atoms with Crippen molar-refractivity contribution in [2.24, 2.45) is 0 Å². The van der Waals surface area contributed by atoms with Crippen LogP contribution in [0.15, 0.2) is 35.4 Å². The number of halogens is 3. The molecule has 168 valence electrons. The van der Waals surface area contributed by atoms with E-state index in [1.165, 1.54) is 13.3 Å². The van der Waals surface area contributed by atoms with Crippen molar-refractivity contribution in [2.75, 3.05) is 7.11 Å². The Bertz CT molecular complexity index is 1210. The van der Waals surface area contributed by atoms with E-state index in [9.17, 15) is 21.6 Å². The summed E-state index contributed by atoms with van der Waals surface area (Å²) in [4.78, 5) is 2.83. The highest BCUT2D eigenvalue weighted by Gasteiger charge is 2.43. The minimum absolute atomic E-state index is 0.121. The number of aromatic nitrogens is 1. The van der Waals surface area contributed by atoms with Crippen LogP contribution in [-0.2, 0) is 16.4 Å². The average Bonchev–Trinajstić information content (AvgIpc) is 3.03. The number of aryl methyl sites for hydroxylation is 4. The number of sulfonamides is 1. The Kier molecular flexibility index (Phi) is 6.12. The Morgan fingerprint density at radius 3 is 2.26 bits per heavy atom. The number of hydrogen-bond donors (Lipinski definition) is 2. The fraction of sp³-hybridized carbons (Fsp3) is 0.364. The number of nitrogens with one attached hydrogen (secondary N) is 2. The zero-order valence-electron chi connectivity index (χ0n) is 17.9. The van der Waals surface area contributed by atoms with Gasteiger partial charge in [0.2, 0.25) is 10.0 Å². The maximum Gasteiger partial charge on any atom is 0.405 e. The second kappa shape index (κ2) is 8.20.